The van der Waals surface area contributed by atoms with Crippen molar-refractivity contribution in [2.24, 2.45) is 11.7 Å². The lowest BCUT2D eigenvalue weighted by Gasteiger charge is -2.20. The van der Waals surface area contributed by atoms with Gasteiger partial charge in [0.05, 0.1) is 12.1 Å². The molecular weight excluding hydrogens is 218 g/mol. The van der Waals surface area contributed by atoms with E-state index in [0.717, 1.165) is 25.9 Å². The summed E-state index contributed by atoms with van der Waals surface area (Å²) in [7, 11) is 0. The van der Waals surface area contributed by atoms with E-state index < -0.39 is 0 Å². The second-order valence-electron chi connectivity index (χ2n) is 5.01. The van der Waals surface area contributed by atoms with Crippen LogP contribution in [-0.2, 0) is 11.2 Å². The van der Waals surface area contributed by atoms with E-state index in [9.17, 15) is 0 Å². The van der Waals surface area contributed by atoms with E-state index in [1.807, 2.05) is 13.8 Å². The van der Waals surface area contributed by atoms with E-state index in [2.05, 4.69) is 10.1 Å². The lowest BCUT2D eigenvalue weighted by molar-refractivity contribution is 0.0153. The number of ether oxygens (including phenoxy) is 1. The van der Waals surface area contributed by atoms with Crippen molar-refractivity contribution in [1.82, 2.24) is 10.1 Å². The van der Waals surface area contributed by atoms with Crippen LogP contribution in [0.15, 0.2) is 4.52 Å². The summed E-state index contributed by atoms with van der Waals surface area (Å²) >= 11 is 0. The molecule has 1 aliphatic heterocycles. The molecule has 1 aliphatic rings. The van der Waals surface area contributed by atoms with Crippen LogP contribution in [0.5, 0.6) is 0 Å². The highest BCUT2D eigenvalue weighted by molar-refractivity contribution is 4.94. The highest BCUT2D eigenvalue weighted by Gasteiger charge is 2.21. The summed E-state index contributed by atoms with van der Waals surface area (Å²) in [6.07, 6.45) is 4.44. The first-order valence-electron chi connectivity index (χ1n) is 6.36. The summed E-state index contributed by atoms with van der Waals surface area (Å²) in [5, 5.41) is 3.97. The lowest BCUT2D eigenvalue weighted by atomic mass is 10.1. The maximum absolute atomic E-state index is 5.96. The van der Waals surface area contributed by atoms with Gasteiger partial charge in [-0.25, -0.2) is 0 Å². The minimum absolute atomic E-state index is 0.177. The average Bonchev–Trinajstić information content (AvgIpc) is 2.77. The van der Waals surface area contributed by atoms with E-state index >= 15 is 0 Å². The third kappa shape index (κ3) is 3.26. The molecular formula is C12H21N3O2. The monoisotopic (exact) mass is 239 g/mol. The molecule has 5 heteroatoms. The van der Waals surface area contributed by atoms with Gasteiger partial charge < -0.3 is 15.0 Å². The summed E-state index contributed by atoms with van der Waals surface area (Å²) < 4.78 is 10.8. The fourth-order valence-electron chi connectivity index (χ4n) is 1.94. The number of hydrogen-bond acceptors (Lipinski definition) is 5. The molecule has 0 bridgehead atoms. The molecule has 0 spiro atoms. The predicted molar refractivity (Wildman–Crippen MR) is 63.4 cm³/mol. The SMILES string of the molecule is CC(C)[C@H](N)c1nc(CC2CCCCO2)no1. The summed E-state index contributed by atoms with van der Waals surface area (Å²) in [4.78, 5) is 4.34. The molecule has 0 radical (unpaired) electrons. The Kier molecular flexibility index (Phi) is 4.12. The van der Waals surface area contributed by atoms with Crippen molar-refractivity contribution in [2.75, 3.05) is 6.61 Å². The van der Waals surface area contributed by atoms with Crippen LogP contribution in [0.4, 0.5) is 0 Å². The van der Waals surface area contributed by atoms with E-state index in [1.165, 1.54) is 6.42 Å². The zero-order valence-electron chi connectivity index (χ0n) is 10.6. The average molecular weight is 239 g/mol. The van der Waals surface area contributed by atoms with Gasteiger partial charge in [0, 0.05) is 13.0 Å². The Morgan fingerprint density at radius 3 is 2.88 bits per heavy atom. The molecule has 96 valence electrons. The molecule has 1 aromatic rings. The van der Waals surface area contributed by atoms with E-state index in [-0.39, 0.29) is 12.1 Å². The summed E-state index contributed by atoms with van der Waals surface area (Å²) in [5.41, 5.74) is 5.96. The van der Waals surface area contributed by atoms with Crippen molar-refractivity contribution >= 4 is 0 Å². The molecule has 0 aromatic carbocycles. The van der Waals surface area contributed by atoms with Crippen LogP contribution in [0, 0.1) is 5.92 Å². The number of nitrogens with zero attached hydrogens (tertiary/aromatic N) is 2. The molecule has 1 saturated heterocycles. The van der Waals surface area contributed by atoms with Crippen molar-refractivity contribution in [3.63, 3.8) is 0 Å². The first-order valence-corrected chi connectivity index (χ1v) is 6.36. The summed E-state index contributed by atoms with van der Waals surface area (Å²) in [5.74, 6) is 1.54. The van der Waals surface area contributed by atoms with Gasteiger partial charge in [-0.3, -0.25) is 0 Å². The Labute approximate surface area is 102 Å². The lowest BCUT2D eigenvalue weighted by Crippen LogP contribution is -2.22. The van der Waals surface area contributed by atoms with Crippen LogP contribution in [0.2, 0.25) is 0 Å². The van der Waals surface area contributed by atoms with Gasteiger partial charge in [-0.2, -0.15) is 4.98 Å². The third-order valence-corrected chi connectivity index (χ3v) is 3.17. The molecule has 1 fully saturated rings. The van der Waals surface area contributed by atoms with Gasteiger partial charge in [0.25, 0.3) is 0 Å². The number of rotatable bonds is 4. The Bertz CT molecular complexity index is 345. The molecule has 1 aromatic heterocycles. The highest BCUT2D eigenvalue weighted by atomic mass is 16.5. The minimum Gasteiger partial charge on any atom is -0.378 e. The van der Waals surface area contributed by atoms with E-state index in [0.29, 0.717) is 17.6 Å². The maximum Gasteiger partial charge on any atom is 0.243 e. The minimum atomic E-state index is -0.177. The summed E-state index contributed by atoms with van der Waals surface area (Å²) in [6.45, 7) is 4.93. The quantitative estimate of drug-likeness (QED) is 0.867. The van der Waals surface area contributed by atoms with Crippen molar-refractivity contribution < 1.29 is 9.26 Å². The third-order valence-electron chi connectivity index (χ3n) is 3.17. The number of nitrogens with two attached hydrogens (primary N) is 1. The van der Waals surface area contributed by atoms with Gasteiger partial charge in [0.2, 0.25) is 5.89 Å². The molecule has 1 unspecified atom stereocenters. The normalized spacial score (nSPS) is 22.9. The fourth-order valence-corrected chi connectivity index (χ4v) is 1.94. The smallest absolute Gasteiger partial charge is 0.243 e. The highest BCUT2D eigenvalue weighted by Crippen LogP contribution is 2.19. The molecule has 2 atom stereocenters. The van der Waals surface area contributed by atoms with Crippen LogP contribution in [-0.4, -0.2) is 22.9 Å². The van der Waals surface area contributed by atoms with Gasteiger partial charge in [-0.1, -0.05) is 19.0 Å². The zero-order valence-corrected chi connectivity index (χ0v) is 10.6. The van der Waals surface area contributed by atoms with Crippen LogP contribution in [0.3, 0.4) is 0 Å². The maximum atomic E-state index is 5.96. The van der Waals surface area contributed by atoms with E-state index in [1.54, 1.807) is 0 Å². The van der Waals surface area contributed by atoms with Crippen molar-refractivity contribution in [2.45, 2.75) is 51.7 Å². The Morgan fingerprint density at radius 2 is 2.24 bits per heavy atom. The van der Waals surface area contributed by atoms with Gasteiger partial charge in [0.1, 0.15) is 0 Å². The first-order chi connectivity index (χ1) is 8.16. The Morgan fingerprint density at radius 1 is 1.41 bits per heavy atom. The van der Waals surface area contributed by atoms with Crippen LogP contribution in [0.1, 0.15) is 50.9 Å². The molecule has 0 aliphatic carbocycles. The summed E-state index contributed by atoms with van der Waals surface area (Å²) in [6, 6.07) is -0.177. The Hall–Kier alpha value is -0.940. The topological polar surface area (TPSA) is 74.2 Å². The fraction of sp³-hybridized carbons (Fsp3) is 0.833. The zero-order chi connectivity index (χ0) is 12.3. The largest absolute Gasteiger partial charge is 0.378 e. The van der Waals surface area contributed by atoms with Gasteiger partial charge >= 0.3 is 0 Å². The molecule has 0 amide bonds. The number of hydrogen-bond donors (Lipinski definition) is 1. The van der Waals surface area contributed by atoms with Crippen molar-refractivity contribution in [3.05, 3.63) is 11.7 Å². The molecule has 5 nitrogen and oxygen atoms in total. The molecule has 2 heterocycles. The van der Waals surface area contributed by atoms with Crippen LogP contribution >= 0.6 is 0 Å². The molecule has 0 saturated carbocycles. The van der Waals surface area contributed by atoms with Crippen LogP contribution < -0.4 is 5.73 Å². The molecule has 2 rings (SSSR count). The first kappa shape index (κ1) is 12.5. The second-order valence-corrected chi connectivity index (χ2v) is 5.01. The molecule has 17 heavy (non-hydrogen) atoms. The van der Waals surface area contributed by atoms with Crippen molar-refractivity contribution in [1.29, 1.82) is 0 Å². The van der Waals surface area contributed by atoms with Crippen LogP contribution in [0.25, 0.3) is 0 Å². The molecule has 2 N–H and O–H groups in total. The van der Waals surface area contributed by atoms with E-state index in [4.69, 9.17) is 15.0 Å². The number of aromatic nitrogens is 2. The van der Waals surface area contributed by atoms with Gasteiger partial charge in [0.15, 0.2) is 5.82 Å². The Balaban J connectivity index is 1.93. The van der Waals surface area contributed by atoms with Gasteiger partial charge in [-0.05, 0) is 25.2 Å². The second kappa shape index (κ2) is 5.60. The standard InChI is InChI=1S/C12H21N3O2/c1-8(2)11(13)12-14-10(15-17-12)7-9-5-3-4-6-16-9/h8-9,11H,3-7,13H2,1-2H3/t9?,11-/m0/s1. The van der Waals surface area contributed by atoms with Crippen molar-refractivity contribution in [3.8, 4) is 0 Å². The predicted octanol–water partition coefficient (Wildman–Crippen LogP) is 1.84. The van der Waals surface area contributed by atoms with Gasteiger partial charge in [-0.15, -0.1) is 0 Å².